The number of nitriles is 1. The van der Waals surface area contributed by atoms with Crippen molar-refractivity contribution in [3.05, 3.63) is 16.7 Å². The summed E-state index contributed by atoms with van der Waals surface area (Å²) >= 11 is 0. The number of aromatic nitrogens is 4. The summed E-state index contributed by atoms with van der Waals surface area (Å²) in [5.41, 5.74) is -0.627. The van der Waals surface area contributed by atoms with Crippen molar-refractivity contribution in [1.82, 2.24) is 24.2 Å². The number of imidazole rings is 1. The van der Waals surface area contributed by atoms with Gasteiger partial charge in [-0.2, -0.15) is 10.2 Å². The van der Waals surface area contributed by atoms with Crippen molar-refractivity contribution in [3.63, 3.8) is 0 Å². The average Bonchev–Trinajstić information content (AvgIpc) is 3.56. The lowest BCUT2D eigenvalue weighted by Crippen LogP contribution is -2.42. The molecule has 1 fully saturated rings. The molecule has 0 spiro atoms. The number of rotatable bonds is 16. The molecule has 1 amide bonds. The predicted molar refractivity (Wildman–Crippen MR) is 176 cm³/mol. The summed E-state index contributed by atoms with van der Waals surface area (Å²) in [5.74, 6) is -3.04. The fourth-order valence-corrected chi connectivity index (χ4v) is 6.37. The van der Waals surface area contributed by atoms with E-state index in [0.29, 0.717) is 0 Å². The van der Waals surface area contributed by atoms with Gasteiger partial charge in [0.1, 0.15) is 6.10 Å². The molecule has 0 aliphatic carbocycles. The van der Waals surface area contributed by atoms with Crippen LogP contribution >= 0.6 is 8.53 Å². The van der Waals surface area contributed by atoms with Crippen LogP contribution in [0, 0.1) is 29.1 Å². The Hall–Kier alpha value is -3.48. The standard InChI is InChI=1S/C31H48N7O9P/c1-16(2)26(39)35-31-34-25-22(27(40)36-31)33-15-37(25)28-24(47-30(42)18(5)6)23(46-29(41)17(3)4)21(45-28)14-44-48(43-13-11-12-32)38(19(7)8)20(9)10/h15-21,23-24,28H,11,13-14H2,1-10H3,(H2,34,35,36,39,40)/t21-,23?,24-,28?,48?/m1/s1. The molecule has 266 valence electrons. The van der Waals surface area contributed by atoms with E-state index in [1.54, 1.807) is 41.5 Å². The SMILES string of the molecule is CC(C)C(=O)Nc1nc2c(ncn2C2O[C@H](COP(OCCC#N)N(C(C)C)C(C)C)C(OC(=O)C(C)C)[C@H]2OC(=O)C(C)C)c(=O)[nH]1. The van der Waals surface area contributed by atoms with Crippen LogP contribution in [0.2, 0.25) is 0 Å². The van der Waals surface area contributed by atoms with Crippen LogP contribution in [0.1, 0.15) is 81.9 Å². The summed E-state index contributed by atoms with van der Waals surface area (Å²) in [6.45, 7) is 18.1. The molecule has 0 bridgehead atoms. The normalized spacial score (nSPS) is 20.3. The Bertz CT molecular complexity index is 1510. The van der Waals surface area contributed by atoms with E-state index >= 15 is 0 Å². The van der Waals surface area contributed by atoms with Gasteiger partial charge in [0, 0.05) is 18.0 Å². The molecule has 48 heavy (non-hydrogen) atoms. The number of ether oxygens (including phenoxy) is 3. The maximum Gasteiger partial charge on any atom is 0.308 e. The molecule has 3 heterocycles. The van der Waals surface area contributed by atoms with E-state index in [1.807, 2.05) is 32.4 Å². The summed E-state index contributed by atoms with van der Waals surface area (Å²) in [6.07, 6.45) is -3.03. The first-order chi connectivity index (χ1) is 22.6. The van der Waals surface area contributed by atoms with Crippen LogP contribution in [0.15, 0.2) is 11.1 Å². The topological polar surface area (TPSA) is 200 Å². The first-order valence-corrected chi connectivity index (χ1v) is 17.3. The zero-order valence-corrected chi connectivity index (χ0v) is 30.1. The van der Waals surface area contributed by atoms with Crippen LogP contribution in [0.3, 0.4) is 0 Å². The third-order valence-electron chi connectivity index (χ3n) is 7.22. The minimum Gasteiger partial charge on any atom is -0.455 e. The van der Waals surface area contributed by atoms with E-state index in [4.69, 9.17) is 28.5 Å². The number of esters is 2. The number of nitrogens with zero attached hydrogens (tertiary/aromatic N) is 5. The summed E-state index contributed by atoms with van der Waals surface area (Å²) in [4.78, 5) is 62.6. The van der Waals surface area contributed by atoms with Gasteiger partial charge in [-0.25, -0.2) is 9.65 Å². The molecular formula is C31H48N7O9P. The monoisotopic (exact) mass is 693 g/mol. The lowest BCUT2D eigenvalue weighted by atomic mass is 10.1. The lowest BCUT2D eigenvalue weighted by molar-refractivity contribution is -0.172. The van der Waals surface area contributed by atoms with E-state index in [-0.39, 0.29) is 60.7 Å². The maximum atomic E-state index is 13.1. The van der Waals surface area contributed by atoms with Gasteiger partial charge in [-0.3, -0.25) is 34.0 Å². The lowest BCUT2D eigenvalue weighted by Gasteiger charge is -2.36. The van der Waals surface area contributed by atoms with E-state index < -0.39 is 62.4 Å². The van der Waals surface area contributed by atoms with Crippen molar-refractivity contribution in [2.24, 2.45) is 17.8 Å². The van der Waals surface area contributed by atoms with Crippen molar-refractivity contribution in [3.8, 4) is 6.07 Å². The van der Waals surface area contributed by atoms with Crippen molar-refractivity contribution >= 4 is 43.5 Å². The molecule has 17 heteroatoms. The second kappa shape index (κ2) is 17.3. The van der Waals surface area contributed by atoms with Crippen LogP contribution < -0.4 is 10.9 Å². The third-order valence-corrected chi connectivity index (χ3v) is 9.29. The van der Waals surface area contributed by atoms with Gasteiger partial charge < -0.3 is 23.3 Å². The van der Waals surface area contributed by atoms with E-state index in [1.165, 1.54) is 10.9 Å². The van der Waals surface area contributed by atoms with Gasteiger partial charge in [-0.15, -0.1) is 0 Å². The van der Waals surface area contributed by atoms with Crippen LogP contribution in [-0.4, -0.2) is 85.6 Å². The van der Waals surface area contributed by atoms with Crippen molar-refractivity contribution in [1.29, 1.82) is 5.26 Å². The Morgan fingerprint density at radius 3 is 2.15 bits per heavy atom. The van der Waals surface area contributed by atoms with Gasteiger partial charge in [-0.05, 0) is 27.7 Å². The summed E-state index contributed by atoms with van der Waals surface area (Å²) < 4.78 is 34.2. The second-order valence-electron chi connectivity index (χ2n) is 12.9. The molecule has 1 aliphatic heterocycles. The van der Waals surface area contributed by atoms with Crippen LogP contribution in [0.5, 0.6) is 0 Å². The van der Waals surface area contributed by atoms with Crippen LogP contribution in [0.4, 0.5) is 5.95 Å². The Labute approximate surface area is 281 Å². The molecule has 1 saturated heterocycles. The number of H-pyrrole nitrogens is 1. The van der Waals surface area contributed by atoms with Gasteiger partial charge in [0.25, 0.3) is 14.1 Å². The highest BCUT2D eigenvalue weighted by Crippen LogP contribution is 2.47. The quantitative estimate of drug-likeness (QED) is 0.145. The molecule has 0 aromatic carbocycles. The fraction of sp³-hybridized carbons (Fsp3) is 0.710. The van der Waals surface area contributed by atoms with Gasteiger partial charge in [-0.1, -0.05) is 41.5 Å². The average molecular weight is 694 g/mol. The smallest absolute Gasteiger partial charge is 0.308 e. The molecule has 2 aromatic rings. The van der Waals surface area contributed by atoms with E-state index in [0.717, 1.165) is 0 Å². The number of hydrogen-bond acceptors (Lipinski definition) is 13. The highest BCUT2D eigenvalue weighted by atomic mass is 31.2. The Balaban J connectivity index is 2.10. The van der Waals surface area contributed by atoms with Gasteiger partial charge >= 0.3 is 11.9 Å². The van der Waals surface area contributed by atoms with Crippen molar-refractivity contribution < 1.29 is 37.6 Å². The number of anilines is 1. The third kappa shape index (κ3) is 9.57. The number of carbonyl (C=O) groups excluding carboxylic acids is 3. The number of nitrogens with one attached hydrogen (secondary N) is 2. The Morgan fingerprint density at radius 1 is 1.00 bits per heavy atom. The molecule has 16 nitrogen and oxygen atoms in total. The largest absolute Gasteiger partial charge is 0.455 e. The minimum absolute atomic E-state index is 0.0246. The maximum absolute atomic E-state index is 13.1. The predicted octanol–water partition coefficient (Wildman–Crippen LogP) is 4.04. The van der Waals surface area contributed by atoms with Gasteiger partial charge in [0.2, 0.25) is 11.9 Å². The number of aromatic amines is 1. The first kappa shape index (κ1) is 39.0. The zero-order valence-electron chi connectivity index (χ0n) is 29.3. The van der Waals surface area contributed by atoms with Crippen LogP contribution in [0.25, 0.3) is 11.2 Å². The molecule has 0 saturated carbocycles. The van der Waals surface area contributed by atoms with Crippen LogP contribution in [-0.2, 0) is 37.6 Å². The fourth-order valence-electron chi connectivity index (χ4n) is 4.76. The van der Waals surface area contributed by atoms with Crippen molar-refractivity contribution in [2.75, 3.05) is 18.5 Å². The Morgan fingerprint density at radius 2 is 1.60 bits per heavy atom. The van der Waals surface area contributed by atoms with E-state index in [9.17, 15) is 19.2 Å². The molecule has 0 radical (unpaired) electrons. The Kier molecular flexibility index (Phi) is 14.0. The summed E-state index contributed by atoms with van der Waals surface area (Å²) in [7, 11) is -1.70. The van der Waals surface area contributed by atoms with Crippen molar-refractivity contribution in [2.45, 2.75) is 112 Å². The highest BCUT2D eigenvalue weighted by molar-refractivity contribution is 7.44. The number of amides is 1. The highest BCUT2D eigenvalue weighted by Gasteiger charge is 2.52. The number of fused-ring (bicyclic) bond motifs is 1. The molecule has 1 aliphatic rings. The first-order valence-electron chi connectivity index (χ1n) is 16.1. The number of carbonyl (C=O) groups is 3. The van der Waals surface area contributed by atoms with E-state index in [2.05, 4.69) is 26.3 Å². The second-order valence-corrected chi connectivity index (χ2v) is 14.4. The van der Waals surface area contributed by atoms with Gasteiger partial charge in [0.05, 0.1) is 43.9 Å². The summed E-state index contributed by atoms with van der Waals surface area (Å²) in [5, 5.41) is 11.7. The molecule has 3 rings (SSSR count). The molecular weight excluding hydrogens is 645 g/mol. The summed E-state index contributed by atoms with van der Waals surface area (Å²) in [6, 6.07) is 2.12. The molecule has 3 unspecified atom stereocenters. The number of hydrogen-bond donors (Lipinski definition) is 2. The minimum atomic E-state index is -1.70. The zero-order chi connectivity index (χ0) is 35.9. The molecule has 2 aromatic heterocycles. The molecule has 5 atom stereocenters. The van der Waals surface area contributed by atoms with Gasteiger partial charge in [0.15, 0.2) is 29.6 Å². The molecule has 2 N–H and O–H groups in total.